The number of hydrogen-bond acceptors (Lipinski definition) is 3. The van der Waals surface area contributed by atoms with E-state index in [2.05, 4.69) is 12.1 Å². The largest absolute Gasteiger partial charge is 0.386 e. The Bertz CT molecular complexity index is 471. The third-order valence-corrected chi connectivity index (χ3v) is 3.10. The van der Waals surface area contributed by atoms with Gasteiger partial charge in [-0.3, -0.25) is 0 Å². The van der Waals surface area contributed by atoms with Crippen LogP contribution in [0.5, 0.6) is 0 Å². The second-order valence-electron chi connectivity index (χ2n) is 4.81. The third-order valence-electron chi connectivity index (χ3n) is 3.10. The summed E-state index contributed by atoms with van der Waals surface area (Å²) in [6.45, 7) is 11.7. The van der Waals surface area contributed by atoms with Gasteiger partial charge in [0, 0.05) is 13.7 Å². The standard InChI is InChI=1S/C10H14O2.C9H12O.2C2H6/c1-2-12-8-10(11)9-6-4-3-5-7-9;1-10-8-7-9-5-3-2-4-6-9;2*1-2/h3-7,10-11H,2,8H2,1H3;2-6H,7-8H2,1H3;2*1-2H3. The minimum absolute atomic E-state index is 0.376. The van der Waals surface area contributed by atoms with Gasteiger partial charge in [0.1, 0.15) is 6.10 Å². The summed E-state index contributed by atoms with van der Waals surface area (Å²) in [5.74, 6) is 0. The van der Waals surface area contributed by atoms with Crippen LogP contribution < -0.4 is 0 Å². The Morgan fingerprint density at radius 1 is 0.846 bits per heavy atom. The monoisotopic (exact) mass is 362 g/mol. The summed E-state index contributed by atoms with van der Waals surface area (Å²) in [4.78, 5) is 0. The first-order chi connectivity index (χ1) is 12.8. The number of benzene rings is 2. The Hall–Kier alpha value is -1.68. The molecule has 0 saturated carbocycles. The molecular weight excluding hydrogens is 324 g/mol. The van der Waals surface area contributed by atoms with Crippen LogP contribution in [0.1, 0.15) is 51.8 Å². The van der Waals surface area contributed by atoms with Crippen LogP contribution >= 0.6 is 0 Å². The molecule has 0 aliphatic carbocycles. The van der Waals surface area contributed by atoms with E-state index in [4.69, 9.17) is 9.47 Å². The van der Waals surface area contributed by atoms with E-state index >= 15 is 0 Å². The molecule has 0 heterocycles. The predicted molar refractivity (Wildman–Crippen MR) is 113 cm³/mol. The van der Waals surface area contributed by atoms with E-state index < -0.39 is 6.10 Å². The van der Waals surface area contributed by atoms with Gasteiger partial charge in [-0.05, 0) is 24.5 Å². The van der Waals surface area contributed by atoms with Crippen LogP contribution in [0.3, 0.4) is 0 Å². The van der Waals surface area contributed by atoms with Gasteiger partial charge in [-0.2, -0.15) is 0 Å². The van der Waals surface area contributed by atoms with Crippen LogP contribution in [0, 0.1) is 0 Å². The summed E-state index contributed by atoms with van der Waals surface area (Å²) in [7, 11) is 1.73. The molecule has 2 aromatic carbocycles. The zero-order chi connectivity index (χ0) is 20.0. The minimum atomic E-state index is -0.494. The van der Waals surface area contributed by atoms with Crippen molar-refractivity contribution in [2.45, 2.75) is 47.1 Å². The minimum Gasteiger partial charge on any atom is -0.386 e. The zero-order valence-corrected chi connectivity index (χ0v) is 17.4. The first-order valence-corrected chi connectivity index (χ1v) is 9.61. The Morgan fingerprint density at radius 2 is 1.35 bits per heavy atom. The molecule has 0 aliphatic rings. The van der Waals surface area contributed by atoms with Crippen molar-refractivity contribution in [3.63, 3.8) is 0 Å². The van der Waals surface area contributed by atoms with Gasteiger partial charge in [-0.15, -0.1) is 0 Å². The Labute approximate surface area is 161 Å². The second-order valence-corrected chi connectivity index (χ2v) is 4.81. The maximum Gasteiger partial charge on any atom is 0.102 e. The summed E-state index contributed by atoms with van der Waals surface area (Å²) >= 11 is 0. The van der Waals surface area contributed by atoms with Crippen molar-refractivity contribution in [3.05, 3.63) is 71.8 Å². The lowest BCUT2D eigenvalue weighted by Gasteiger charge is -2.09. The molecule has 0 saturated heterocycles. The van der Waals surface area contributed by atoms with Crippen LogP contribution in [-0.4, -0.2) is 32.0 Å². The molecule has 1 atom stereocenters. The average Bonchev–Trinajstić information content (AvgIpc) is 2.75. The fourth-order valence-electron chi connectivity index (χ4n) is 1.87. The molecule has 148 valence electrons. The first-order valence-electron chi connectivity index (χ1n) is 9.61. The van der Waals surface area contributed by atoms with Gasteiger partial charge in [0.25, 0.3) is 0 Å². The van der Waals surface area contributed by atoms with E-state index in [1.165, 1.54) is 5.56 Å². The molecule has 1 N–H and O–H groups in total. The van der Waals surface area contributed by atoms with Crippen LogP contribution in [0.15, 0.2) is 60.7 Å². The second kappa shape index (κ2) is 21.4. The highest BCUT2D eigenvalue weighted by Gasteiger charge is 2.04. The highest BCUT2D eigenvalue weighted by Crippen LogP contribution is 2.11. The first kappa shape index (κ1) is 26.5. The summed E-state index contributed by atoms with van der Waals surface area (Å²) in [6, 6.07) is 19.9. The van der Waals surface area contributed by atoms with Crippen molar-refractivity contribution in [2.75, 3.05) is 26.9 Å². The summed E-state index contributed by atoms with van der Waals surface area (Å²) in [5, 5.41) is 9.53. The summed E-state index contributed by atoms with van der Waals surface area (Å²) < 4.78 is 10.0. The van der Waals surface area contributed by atoms with Crippen molar-refractivity contribution in [1.82, 2.24) is 0 Å². The van der Waals surface area contributed by atoms with Crippen molar-refractivity contribution in [1.29, 1.82) is 0 Å². The maximum absolute atomic E-state index is 9.53. The Balaban J connectivity index is 0. The summed E-state index contributed by atoms with van der Waals surface area (Å²) in [5.41, 5.74) is 2.25. The van der Waals surface area contributed by atoms with Crippen LogP contribution in [-0.2, 0) is 15.9 Å². The van der Waals surface area contributed by atoms with Gasteiger partial charge in [-0.1, -0.05) is 88.4 Å². The van der Waals surface area contributed by atoms with Crippen LogP contribution in [0.2, 0.25) is 0 Å². The Kier molecular flexibility index (Phi) is 21.8. The number of rotatable bonds is 7. The SMILES string of the molecule is CC.CC.CCOCC(O)c1ccccc1.COCCc1ccccc1. The average molecular weight is 363 g/mol. The molecule has 0 bridgehead atoms. The lowest BCUT2D eigenvalue weighted by molar-refractivity contribution is 0.0420. The zero-order valence-electron chi connectivity index (χ0n) is 17.4. The van der Waals surface area contributed by atoms with Gasteiger partial charge in [0.15, 0.2) is 0 Å². The van der Waals surface area contributed by atoms with Crippen LogP contribution in [0.4, 0.5) is 0 Å². The van der Waals surface area contributed by atoms with E-state index in [0.717, 1.165) is 18.6 Å². The molecule has 0 spiro atoms. The van der Waals surface area contributed by atoms with Gasteiger partial charge >= 0.3 is 0 Å². The topological polar surface area (TPSA) is 38.7 Å². The number of hydrogen-bond donors (Lipinski definition) is 1. The van der Waals surface area contributed by atoms with E-state index in [1.54, 1.807) is 7.11 Å². The van der Waals surface area contributed by atoms with Crippen molar-refractivity contribution >= 4 is 0 Å². The van der Waals surface area contributed by atoms with Gasteiger partial charge in [0.2, 0.25) is 0 Å². The van der Waals surface area contributed by atoms with Gasteiger partial charge < -0.3 is 14.6 Å². The normalized spacial score (nSPS) is 10.1. The molecule has 3 heteroatoms. The molecule has 2 aromatic rings. The molecule has 2 rings (SSSR count). The molecular formula is C23H38O3. The van der Waals surface area contributed by atoms with Gasteiger partial charge in [0.05, 0.1) is 13.2 Å². The van der Waals surface area contributed by atoms with Gasteiger partial charge in [-0.25, -0.2) is 0 Å². The van der Waals surface area contributed by atoms with Crippen LogP contribution in [0.25, 0.3) is 0 Å². The summed E-state index contributed by atoms with van der Waals surface area (Å²) in [6.07, 6.45) is 0.517. The number of aliphatic hydroxyl groups is 1. The van der Waals surface area contributed by atoms with E-state index in [0.29, 0.717) is 13.2 Å². The van der Waals surface area contributed by atoms with Crippen molar-refractivity contribution in [2.24, 2.45) is 0 Å². The lowest BCUT2D eigenvalue weighted by atomic mass is 10.1. The quantitative estimate of drug-likeness (QED) is 0.688. The fourth-order valence-corrected chi connectivity index (χ4v) is 1.87. The van der Waals surface area contributed by atoms with Crippen molar-refractivity contribution < 1.29 is 14.6 Å². The number of ether oxygens (including phenoxy) is 2. The third kappa shape index (κ3) is 14.6. The highest BCUT2D eigenvalue weighted by atomic mass is 16.5. The molecule has 0 aliphatic heterocycles. The number of aliphatic hydroxyl groups excluding tert-OH is 1. The molecule has 0 radical (unpaired) electrons. The van der Waals surface area contributed by atoms with E-state index in [1.807, 2.05) is 83.1 Å². The smallest absolute Gasteiger partial charge is 0.102 e. The van der Waals surface area contributed by atoms with Crippen molar-refractivity contribution in [3.8, 4) is 0 Å². The lowest BCUT2D eigenvalue weighted by Crippen LogP contribution is -2.06. The predicted octanol–water partition coefficient (Wildman–Crippen LogP) is 5.68. The maximum atomic E-state index is 9.53. The van der Waals surface area contributed by atoms with E-state index in [-0.39, 0.29) is 0 Å². The fraction of sp³-hybridized carbons (Fsp3) is 0.478. The molecule has 0 aromatic heterocycles. The molecule has 1 unspecified atom stereocenters. The molecule has 0 amide bonds. The molecule has 0 fully saturated rings. The molecule has 3 nitrogen and oxygen atoms in total. The Morgan fingerprint density at radius 3 is 1.81 bits per heavy atom. The highest BCUT2D eigenvalue weighted by molar-refractivity contribution is 5.17. The number of methoxy groups -OCH3 is 1. The van der Waals surface area contributed by atoms with E-state index in [9.17, 15) is 5.11 Å². The molecule has 26 heavy (non-hydrogen) atoms.